The minimum Gasteiger partial charge on any atom is -0.327 e. The third-order valence-corrected chi connectivity index (χ3v) is 2.11. The molecule has 0 aliphatic rings. The van der Waals surface area contributed by atoms with Crippen molar-refractivity contribution in [3.63, 3.8) is 0 Å². The Balaban J connectivity index is 2.64. The number of amides is 1. The monoisotopic (exact) mass is 189 g/mol. The number of hydrogen-bond acceptors (Lipinski definition) is 2. The Hall–Kier alpha value is -1.84. The molecule has 1 N–H and O–H groups in total. The van der Waals surface area contributed by atoms with Crippen LogP contribution >= 0.6 is 0 Å². The number of nitrogens with zero attached hydrogens (tertiary/aromatic N) is 2. The smallest absolute Gasteiger partial charge is 0.211 e. The zero-order valence-electron chi connectivity index (χ0n) is 8.11. The van der Waals surface area contributed by atoms with Crippen LogP contribution in [0.3, 0.4) is 0 Å². The van der Waals surface area contributed by atoms with Crippen molar-refractivity contribution in [2.45, 2.75) is 13.8 Å². The number of anilines is 1. The lowest BCUT2D eigenvalue weighted by Crippen LogP contribution is -1.92. The molecule has 0 aliphatic carbocycles. The molecule has 2 rings (SSSR count). The van der Waals surface area contributed by atoms with Crippen LogP contribution < -0.4 is 5.32 Å². The van der Waals surface area contributed by atoms with Crippen LogP contribution in [0.1, 0.15) is 11.4 Å². The molecule has 0 atom stereocenters. The van der Waals surface area contributed by atoms with E-state index in [0.717, 1.165) is 22.6 Å². The standard InChI is InChI=1S/C10H11N3O/c1-7-4-13-5-9(11-6-14)3-10(13)8(2)12-7/h3-6H,1-2H3,(H,11,14). The van der Waals surface area contributed by atoms with Gasteiger partial charge in [0.2, 0.25) is 6.41 Å². The van der Waals surface area contributed by atoms with E-state index >= 15 is 0 Å². The van der Waals surface area contributed by atoms with Crippen LogP contribution in [-0.2, 0) is 4.79 Å². The molecule has 72 valence electrons. The molecule has 0 aromatic carbocycles. The second-order valence-electron chi connectivity index (χ2n) is 3.25. The normalized spacial score (nSPS) is 10.4. The number of hydrogen-bond donors (Lipinski definition) is 1. The average molecular weight is 189 g/mol. The maximum atomic E-state index is 10.3. The zero-order chi connectivity index (χ0) is 10.1. The lowest BCUT2D eigenvalue weighted by molar-refractivity contribution is -0.105. The van der Waals surface area contributed by atoms with Crippen LogP contribution in [0.25, 0.3) is 5.52 Å². The van der Waals surface area contributed by atoms with Crippen LogP contribution in [0.5, 0.6) is 0 Å². The Morgan fingerprint density at radius 2 is 2.21 bits per heavy atom. The van der Waals surface area contributed by atoms with E-state index in [-0.39, 0.29) is 0 Å². The van der Waals surface area contributed by atoms with Gasteiger partial charge >= 0.3 is 0 Å². The maximum absolute atomic E-state index is 10.3. The summed E-state index contributed by atoms with van der Waals surface area (Å²) in [5, 5.41) is 2.61. The molecule has 1 amide bonds. The van der Waals surface area contributed by atoms with Crippen molar-refractivity contribution in [2.24, 2.45) is 0 Å². The Morgan fingerprint density at radius 1 is 1.43 bits per heavy atom. The van der Waals surface area contributed by atoms with Crippen LogP contribution in [0.2, 0.25) is 0 Å². The van der Waals surface area contributed by atoms with Gasteiger partial charge in [0.25, 0.3) is 0 Å². The highest BCUT2D eigenvalue weighted by Crippen LogP contribution is 2.16. The van der Waals surface area contributed by atoms with E-state index in [1.807, 2.05) is 36.7 Å². The first-order valence-corrected chi connectivity index (χ1v) is 4.37. The van der Waals surface area contributed by atoms with Crippen molar-refractivity contribution in [2.75, 3.05) is 5.32 Å². The molecule has 0 fully saturated rings. The van der Waals surface area contributed by atoms with Crippen LogP contribution in [0, 0.1) is 13.8 Å². The number of rotatable bonds is 2. The molecule has 0 bridgehead atoms. The Bertz CT molecular complexity index is 487. The third kappa shape index (κ3) is 1.35. The number of carbonyl (C=O) groups is 1. The molecule has 2 aromatic heterocycles. The van der Waals surface area contributed by atoms with E-state index in [9.17, 15) is 4.79 Å². The van der Waals surface area contributed by atoms with Crippen molar-refractivity contribution < 1.29 is 4.79 Å². The molecule has 0 saturated heterocycles. The Morgan fingerprint density at radius 3 is 2.93 bits per heavy atom. The summed E-state index contributed by atoms with van der Waals surface area (Å²) in [6.45, 7) is 3.90. The molecule has 4 nitrogen and oxygen atoms in total. The van der Waals surface area contributed by atoms with E-state index < -0.39 is 0 Å². The molecule has 0 unspecified atom stereocenters. The Kier molecular flexibility index (Phi) is 1.96. The third-order valence-electron chi connectivity index (χ3n) is 2.11. The van der Waals surface area contributed by atoms with Gasteiger partial charge in [-0.15, -0.1) is 0 Å². The highest BCUT2D eigenvalue weighted by Gasteiger charge is 2.02. The number of nitrogens with one attached hydrogen (secondary N) is 1. The molecule has 0 spiro atoms. The quantitative estimate of drug-likeness (QED) is 0.728. The summed E-state index contributed by atoms with van der Waals surface area (Å²) < 4.78 is 1.96. The van der Waals surface area contributed by atoms with E-state index in [0.29, 0.717) is 6.41 Å². The van der Waals surface area contributed by atoms with Crippen molar-refractivity contribution in [1.82, 2.24) is 9.38 Å². The largest absolute Gasteiger partial charge is 0.327 e. The molecular formula is C10H11N3O. The number of fused-ring (bicyclic) bond motifs is 1. The molecular weight excluding hydrogens is 178 g/mol. The van der Waals surface area contributed by atoms with Gasteiger partial charge in [-0.1, -0.05) is 0 Å². The highest BCUT2D eigenvalue weighted by atomic mass is 16.1. The highest BCUT2D eigenvalue weighted by molar-refractivity contribution is 5.75. The van der Waals surface area contributed by atoms with E-state index in [4.69, 9.17) is 0 Å². The van der Waals surface area contributed by atoms with Gasteiger partial charge in [0.05, 0.1) is 22.6 Å². The van der Waals surface area contributed by atoms with Crippen molar-refractivity contribution in [3.05, 3.63) is 29.8 Å². The summed E-state index contributed by atoms with van der Waals surface area (Å²) in [4.78, 5) is 14.6. The first-order valence-electron chi connectivity index (χ1n) is 4.37. The molecule has 0 radical (unpaired) electrons. The lowest BCUT2D eigenvalue weighted by atomic mass is 10.3. The molecule has 2 aromatic rings. The van der Waals surface area contributed by atoms with Crippen LogP contribution in [0.4, 0.5) is 5.69 Å². The van der Waals surface area contributed by atoms with Gasteiger partial charge in [0, 0.05) is 12.4 Å². The van der Waals surface area contributed by atoms with Gasteiger partial charge < -0.3 is 9.72 Å². The number of aromatic nitrogens is 2. The van der Waals surface area contributed by atoms with Gasteiger partial charge in [-0.2, -0.15) is 0 Å². The minimum atomic E-state index is 0.671. The first kappa shape index (κ1) is 8.74. The molecule has 0 aliphatic heterocycles. The van der Waals surface area contributed by atoms with E-state index in [1.165, 1.54) is 0 Å². The zero-order valence-corrected chi connectivity index (χ0v) is 8.11. The van der Waals surface area contributed by atoms with Gasteiger partial charge in [0.1, 0.15) is 0 Å². The maximum Gasteiger partial charge on any atom is 0.211 e. The Labute approximate surface area is 81.6 Å². The average Bonchev–Trinajstić information content (AvgIpc) is 2.48. The van der Waals surface area contributed by atoms with Crippen LogP contribution in [0.15, 0.2) is 18.5 Å². The SMILES string of the molecule is Cc1cn2cc(NC=O)cc2c(C)n1. The summed E-state index contributed by atoms with van der Waals surface area (Å²) >= 11 is 0. The summed E-state index contributed by atoms with van der Waals surface area (Å²) in [7, 11) is 0. The summed E-state index contributed by atoms with van der Waals surface area (Å²) in [5.74, 6) is 0. The van der Waals surface area contributed by atoms with Crippen molar-refractivity contribution in [1.29, 1.82) is 0 Å². The summed E-state index contributed by atoms with van der Waals surface area (Å²) in [5.41, 5.74) is 3.72. The summed E-state index contributed by atoms with van der Waals surface area (Å²) in [6.07, 6.45) is 4.47. The lowest BCUT2D eigenvalue weighted by Gasteiger charge is -1.99. The van der Waals surface area contributed by atoms with Crippen LogP contribution in [-0.4, -0.2) is 15.8 Å². The second-order valence-corrected chi connectivity index (χ2v) is 3.25. The fraction of sp³-hybridized carbons (Fsp3) is 0.200. The first-order chi connectivity index (χ1) is 6.70. The molecule has 14 heavy (non-hydrogen) atoms. The fourth-order valence-corrected chi connectivity index (χ4v) is 1.58. The minimum absolute atomic E-state index is 0.671. The number of aryl methyl sites for hydroxylation is 2. The van der Waals surface area contributed by atoms with Gasteiger partial charge in [0.15, 0.2) is 0 Å². The van der Waals surface area contributed by atoms with E-state index in [1.54, 1.807) is 0 Å². The topological polar surface area (TPSA) is 46.4 Å². The summed E-state index contributed by atoms with van der Waals surface area (Å²) in [6, 6.07) is 1.90. The van der Waals surface area contributed by atoms with Crippen molar-refractivity contribution in [3.8, 4) is 0 Å². The predicted octanol–water partition coefficient (Wildman–Crippen LogP) is 1.52. The van der Waals surface area contributed by atoms with Gasteiger partial charge in [-0.25, -0.2) is 0 Å². The van der Waals surface area contributed by atoms with Crippen molar-refractivity contribution >= 4 is 17.6 Å². The van der Waals surface area contributed by atoms with Gasteiger partial charge in [-0.05, 0) is 19.9 Å². The molecule has 0 saturated carbocycles. The van der Waals surface area contributed by atoms with Gasteiger partial charge in [-0.3, -0.25) is 9.78 Å². The fourth-order valence-electron chi connectivity index (χ4n) is 1.58. The molecule has 2 heterocycles. The second kappa shape index (κ2) is 3.14. The predicted molar refractivity (Wildman–Crippen MR) is 54.4 cm³/mol. The van der Waals surface area contributed by atoms with E-state index in [2.05, 4.69) is 10.3 Å². The number of carbonyl (C=O) groups excluding carboxylic acids is 1. The molecule has 4 heteroatoms.